The van der Waals surface area contributed by atoms with E-state index in [1.165, 1.54) is 0 Å². The fourth-order valence-corrected chi connectivity index (χ4v) is 2.19. The summed E-state index contributed by atoms with van der Waals surface area (Å²) in [4.78, 5) is 23.8. The third-order valence-electron chi connectivity index (χ3n) is 3.29. The molecular weight excluding hydrogens is 216 g/mol. The number of primary amides is 1. The molecule has 4 nitrogen and oxygen atoms in total. The molecule has 1 saturated heterocycles. The van der Waals surface area contributed by atoms with Crippen LogP contribution < -0.4 is 10.6 Å². The van der Waals surface area contributed by atoms with Crippen molar-refractivity contribution in [2.24, 2.45) is 11.7 Å². The minimum absolute atomic E-state index is 0.0144. The molecule has 0 atom stereocenters. The van der Waals surface area contributed by atoms with Crippen molar-refractivity contribution >= 4 is 17.9 Å². The summed E-state index contributed by atoms with van der Waals surface area (Å²) < 4.78 is 0. The Kier molecular flexibility index (Phi) is 3.42. The SMILES string of the molecule is NC(=O)C1CCN(c2ccc(C=O)cc2)CC1. The van der Waals surface area contributed by atoms with E-state index in [0.717, 1.165) is 37.9 Å². The van der Waals surface area contributed by atoms with Crippen LogP contribution in [-0.2, 0) is 4.79 Å². The molecule has 0 radical (unpaired) electrons. The van der Waals surface area contributed by atoms with Crippen molar-refractivity contribution in [2.45, 2.75) is 12.8 Å². The van der Waals surface area contributed by atoms with Crippen molar-refractivity contribution in [3.05, 3.63) is 29.8 Å². The minimum Gasteiger partial charge on any atom is -0.371 e. The average molecular weight is 232 g/mol. The van der Waals surface area contributed by atoms with Crippen molar-refractivity contribution in [3.8, 4) is 0 Å². The van der Waals surface area contributed by atoms with Gasteiger partial charge in [0.2, 0.25) is 5.91 Å². The third kappa shape index (κ3) is 2.64. The van der Waals surface area contributed by atoms with Gasteiger partial charge in [0.05, 0.1) is 0 Å². The Bertz CT molecular complexity index is 406. The number of aldehydes is 1. The third-order valence-corrected chi connectivity index (χ3v) is 3.29. The lowest BCUT2D eigenvalue weighted by Gasteiger charge is -2.32. The number of carbonyl (C=O) groups excluding carboxylic acids is 2. The first kappa shape index (κ1) is 11.6. The number of piperidine rings is 1. The van der Waals surface area contributed by atoms with Gasteiger partial charge in [-0.1, -0.05) is 0 Å². The summed E-state index contributed by atoms with van der Waals surface area (Å²) in [6.07, 6.45) is 2.46. The number of amides is 1. The van der Waals surface area contributed by atoms with Crippen molar-refractivity contribution in [1.29, 1.82) is 0 Å². The molecule has 1 aromatic rings. The maximum atomic E-state index is 11.0. The van der Waals surface area contributed by atoms with Gasteiger partial charge in [0.1, 0.15) is 6.29 Å². The number of nitrogens with zero attached hydrogens (tertiary/aromatic N) is 1. The molecule has 0 aliphatic carbocycles. The molecule has 17 heavy (non-hydrogen) atoms. The van der Waals surface area contributed by atoms with Crippen LogP contribution in [0.25, 0.3) is 0 Å². The van der Waals surface area contributed by atoms with Crippen LogP contribution >= 0.6 is 0 Å². The zero-order chi connectivity index (χ0) is 12.3. The van der Waals surface area contributed by atoms with E-state index in [1.807, 2.05) is 24.3 Å². The van der Waals surface area contributed by atoms with Crippen molar-refractivity contribution in [3.63, 3.8) is 0 Å². The van der Waals surface area contributed by atoms with Crippen molar-refractivity contribution in [2.75, 3.05) is 18.0 Å². The second-order valence-corrected chi connectivity index (χ2v) is 4.37. The highest BCUT2D eigenvalue weighted by Crippen LogP contribution is 2.23. The molecule has 1 aliphatic heterocycles. The molecule has 1 fully saturated rings. The van der Waals surface area contributed by atoms with Gasteiger partial charge in [-0.2, -0.15) is 0 Å². The summed E-state index contributed by atoms with van der Waals surface area (Å²) in [7, 11) is 0. The quantitative estimate of drug-likeness (QED) is 0.796. The molecule has 4 heteroatoms. The summed E-state index contributed by atoms with van der Waals surface area (Å²) in [5.74, 6) is -0.179. The van der Waals surface area contributed by atoms with Gasteiger partial charge in [-0.05, 0) is 37.1 Å². The lowest BCUT2D eigenvalue weighted by atomic mass is 9.96. The maximum absolute atomic E-state index is 11.0. The van der Waals surface area contributed by atoms with Gasteiger partial charge in [0, 0.05) is 30.3 Å². The molecule has 90 valence electrons. The predicted octanol–water partition coefficient (Wildman–Crippen LogP) is 1.20. The highest BCUT2D eigenvalue weighted by Gasteiger charge is 2.22. The van der Waals surface area contributed by atoms with Gasteiger partial charge >= 0.3 is 0 Å². The van der Waals surface area contributed by atoms with E-state index in [9.17, 15) is 9.59 Å². The van der Waals surface area contributed by atoms with E-state index in [0.29, 0.717) is 5.56 Å². The summed E-state index contributed by atoms with van der Waals surface area (Å²) in [5, 5.41) is 0. The van der Waals surface area contributed by atoms with Gasteiger partial charge in [-0.25, -0.2) is 0 Å². The van der Waals surface area contributed by atoms with Gasteiger partial charge in [0.15, 0.2) is 0 Å². The van der Waals surface area contributed by atoms with E-state index in [4.69, 9.17) is 5.73 Å². The van der Waals surface area contributed by atoms with Crippen LogP contribution in [0.1, 0.15) is 23.2 Å². The summed E-state index contributed by atoms with van der Waals surface area (Å²) in [6.45, 7) is 1.68. The van der Waals surface area contributed by atoms with Crippen LogP contribution in [0.15, 0.2) is 24.3 Å². The summed E-state index contributed by atoms with van der Waals surface area (Å²) in [6, 6.07) is 7.49. The van der Waals surface area contributed by atoms with Crippen LogP contribution in [0.5, 0.6) is 0 Å². The van der Waals surface area contributed by atoms with E-state index in [1.54, 1.807) is 0 Å². The average Bonchev–Trinajstić information content (AvgIpc) is 2.39. The fraction of sp³-hybridized carbons (Fsp3) is 0.385. The van der Waals surface area contributed by atoms with E-state index < -0.39 is 0 Å². The van der Waals surface area contributed by atoms with Crippen LogP contribution in [0, 0.1) is 5.92 Å². The second-order valence-electron chi connectivity index (χ2n) is 4.37. The smallest absolute Gasteiger partial charge is 0.220 e. The summed E-state index contributed by atoms with van der Waals surface area (Å²) >= 11 is 0. The Balaban J connectivity index is 2.00. The Morgan fingerprint density at radius 3 is 2.29 bits per heavy atom. The number of hydrogen-bond acceptors (Lipinski definition) is 3. The molecule has 1 aliphatic rings. The van der Waals surface area contributed by atoms with Gasteiger partial charge in [0.25, 0.3) is 0 Å². The first-order chi connectivity index (χ1) is 8.20. The van der Waals surface area contributed by atoms with Gasteiger partial charge < -0.3 is 10.6 Å². The molecule has 1 aromatic carbocycles. The zero-order valence-electron chi connectivity index (χ0n) is 9.63. The molecule has 2 rings (SSSR count). The molecule has 0 spiro atoms. The van der Waals surface area contributed by atoms with E-state index in [-0.39, 0.29) is 11.8 Å². The minimum atomic E-state index is -0.194. The van der Waals surface area contributed by atoms with Crippen molar-refractivity contribution in [1.82, 2.24) is 0 Å². The van der Waals surface area contributed by atoms with Crippen LogP contribution in [0.2, 0.25) is 0 Å². The molecule has 1 heterocycles. The van der Waals surface area contributed by atoms with Crippen LogP contribution in [0.3, 0.4) is 0 Å². The summed E-state index contributed by atoms with van der Waals surface area (Å²) in [5.41, 5.74) is 7.07. The molecule has 2 N–H and O–H groups in total. The van der Waals surface area contributed by atoms with Crippen molar-refractivity contribution < 1.29 is 9.59 Å². The maximum Gasteiger partial charge on any atom is 0.220 e. The highest BCUT2D eigenvalue weighted by molar-refractivity contribution is 5.77. The normalized spacial score (nSPS) is 16.8. The number of benzene rings is 1. The van der Waals surface area contributed by atoms with Crippen LogP contribution in [0.4, 0.5) is 5.69 Å². The predicted molar refractivity (Wildman–Crippen MR) is 66.0 cm³/mol. The molecule has 0 saturated carbocycles. The molecule has 0 bridgehead atoms. The van der Waals surface area contributed by atoms with Gasteiger partial charge in [-0.3, -0.25) is 9.59 Å². The van der Waals surface area contributed by atoms with Gasteiger partial charge in [-0.15, -0.1) is 0 Å². The van der Waals surface area contributed by atoms with E-state index in [2.05, 4.69) is 4.90 Å². The first-order valence-corrected chi connectivity index (χ1v) is 5.80. The number of rotatable bonds is 3. The topological polar surface area (TPSA) is 63.4 Å². The monoisotopic (exact) mass is 232 g/mol. The highest BCUT2D eigenvalue weighted by atomic mass is 16.1. The Morgan fingerprint density at radius 1 is 1.24 bits per heavy atom. The Labute approximate surface area is 100 Å². The first-order valence-electron chi connectivity index (χ1n) is 5.80. The number of hydrogen-bond donors (Lipinski definition) is 1. The standard InChI is InChI=1S/C13H16N2O2/c14-13(17)11-5-7-15(8-6-11)12-3-1-10(9-16)2-4-12/h1-4,9,11H,5-8H2,(H2,14,17). The fourth-order valence-electron chi connectivity index (χ4n) is 2.19. The zero-order valence-corrected chi connectivity index (χ0v) is 9.63. The Hall–Kier alpha value is -1.84. The number of carbonyl (C=O) groups is 2. The second kappa shape index (κ2) is 4.99. The Morgan fingerprint density at radius 2 is 1.82 bits per heavy atom. The van der Waals surface area contributed by atoms with E-state index >= 15 is 0 Å². The molecule has 1 amide bonds. The molecular formula is C13H16N2O2. The number of anilines is 1. The largest absolute Gasteiger partial charge is 0.371 e. The van der Waals surface area contributed by atoms with Crippen LogP contribution in [-0.4, -0.2) is 25.3 Å². The number of nitrogens with two attached hydrogens (primary N) is 1. The lowest BCUT2D eigenvalue weighted by Crippen LogP contribution is -2.38. The lowest BCUT2D eigenvalue weighted by molar-refractivity contribution is -0.122. The molecule has 0 aromatic heterocycles. The molecule has 0 unspecified atom stereocenters.